The van der Waals surface area contributed by atoms with Gasteiger partial charge < -0.3 is 15.4 Å². The highest BCUT2D eigenvalue weighted by molar-refractivity contribution is 5.79. The van der Waals surface area contributed by atoms with Gasteiger partial charge in [-0.25, -0.2) is 0 Å². The minimum absolute atomic E-state index is 0.615. The molecule has 0 aliphatic heterocycles. The van der Waals surface area contributed by atoms with Crippen LogP contribution in [0.15, 0.2) is 29.3 Å². The highest BCUT2D eigenvalue weighted by Gasteiger charge is 1.95. The fourth-order valence-corrected chi connectivity index (χ4v) is 1.32. The molecule has 1 rings (SSSR count). The lowest BCUT2D eigenvalue weighted by Crippen LogP contribution is -2.37. The Morgan fingerprint density at radius 3 is 2.88 bits per heavy atom. The summed E-state index contributed by atoms with van der Waals surface area (Å²) in [4.78, 5) is 4.00. The van der Waals surface area contributed by atoms with Crippen LogP contribution in [-0.4, -0.2) is 33.2 Å². The molecule has 0 bridgehead atoms. The van der Waals surface area contributed by atoms with Crippen LogP contribution in [0.4, 0.5) is 0 Å². The van der Waals surface area contributed by atoms with Crippen molar-refractivity contribution in [3.63, 3.8) is 0 Å². The van der Waals surface area contributed by atoms with Gasteiger partial charge in [0.15, 0.2) is 5.96 Å². The maximum absolute atomic E-state index is 5.58. The molecule has 0 saturated carbocycles. The lowest BCUT2D eigenvalue weighted by Gasteiger charge is -2.10. The quantitative estimate of drug-likeness (QED) is 0.456. The maximum atomic E-state index is 5.58. The zero-order chi connectivity index (χ0) is 11.8. The Morgan fingerprint density at radius 2 is 2.25 bits per heavy atom. The van der Waals surface area contributed by atoms with Gasteiger partial charge in [0, 0.05) is 14.1 Å². The molecule has 0 heterocycles. The molecule has 4 nitrogen and oxygen atoms in total. The summed E-state index contributed by atoms with van der Waals surface area (Å²) in [6, 6.07) is 8.02. The Bertz CT molecular complexity index is 350. The first-order chi connectivity index (χ1) is 7.76. The van der Waals surface area contributed by atoms with Crippen LogP contribution in [-0.2, 0) is 0 Å². The molecule has 1 aromatic rings. The number of aliphatic imine (C=N–C) groups is 1. The molecular formula is C12H19N3O. The van der Waals surface area contributed by atoms with E-state index in [0.717, 1.165) is 18.3 Å². The van der Waals surface area contributed by atoms with Crippen molar-refractivity contribution < 1.29 is 4.74 Å². The Morgan fingerprint density at radius 1 is 1.44 bits per heavy atom. The zero-order valence-corrected chi connectivity index (χ0v) is 10.1. The Hall–Kier alpha value is -1.71. The van der Waals surface area contributed by atoms with Gasteiger partial charge in [0.1, 0.15) is 12.4 Å². The Kier molecular flexibility index (Phi) is 5.19. The number of guanidine groups is 1. The van der Waals surface area contributed by atoms with Crippen LogP contribution in [0.2, 0.25) is 0 Å². The first-order valence-electron chi connectivity index (χ1n) is 5.34. The number of rotatable bonds is 4. The third kappa shape index (κ3) is 4.21. The first kappa shape index (κ1) is 12.4. The molecule has 16 heavy (non-hydrogen) atoms. The predicted octanol–water partition coefficient (Wildman–Crippen LogP) is 1.17. The Balaban J connectivity index is 2.26. The highest BCUT2D eigenvalue weighted by Crippen LogP contribution is 2.11. The molecule has 0 amide bonds. The van der Waals surface area contributed by atoms with Crippen molar-refractivity contribution in [3.05, 3.63) is 29.8 Å². The summed E-state index contributed by atoms with van der Waals surface area (Å²) in [5.41, 5.74) is 1.21. The Labute approximate surface area is 96.7 Å². The summed E-state index contributed by atoms with van der Waals surface area (Å²) in [7, 11) is 3.57. The number of hydrogen-bond acceptors (Lipinski definition) is 2. The third-order valence-electron chi connectivity index (χ3n) is 2.11. The largest absolute Gasteiger partial charge is 0.492 e. The lowest BCUT2D eigenvalue weighted by atomic mass is 10.2. The molecule has 0 saturated heterocycles. The van der Waals surface area contributed by atoms with Gasteiger partial charge in [0.05, 0.1) is 6.54 Å². The normalized spacial score (nSPS) is 11.1. The summed E-state index contributed by atoms with van der Waals surface area (Å²) in [6.45, 7) is 3.39. The van der Waals surface area contributed by atoms with E-state index < -0.39 is 0 Å². The standard InChI is InChI=1S/C12H19N3O/c1-10-5-4-6-11(9-10)16-8-7-15-12(13-2)14-3/h4-6,9H,7-8H2,1-3H3,(H2,13,14,15). The van der Waals surface area contributed by atoms with Gasteiger partial charge in [0.25, 0.3) is 0 Å². The van der Waals surface area contributed by atoms with Crippen molar-refractivity contribution in [1.29, 1.82) is 0 Å². The summed E-state index contributed by atoms with van der Waals surface area (Å²) in [6.07, 6.45) is 0. The summed E-state index contributed by atoms with van der Waals surface area (Å²) in [5.74, 6) is 1.68. The van der Waals surface area contributed by atoms with Crippen LogP contribution in [0.3, 0.4) is 0 Å². The second-order valence-corrected chi connectivity index (χ2v) is 3.41. The van der Waals surface area contributed by atoms with Gasteiger partial charge in [-0.15, -0.1) is 0 Å². The van der Waals surface area contributed by atoms with E-state index in [2.05, 4.69) is 15.6 Å². The second kappa shape index (κ2) is 6.71. The molecule has 0 aliphatic carbocycles. The number of nitrogens with one attached hydrogen (secondary N) is 2. The van der Waals surface area contributed by atoms with Crippen molar-refractivity contribution in [2.75, 3.05) is 27.2 Å². The molecule has 0 aromatic heterocycles. The average Bonchev–Trinajstić information content (AvgIpc) is 2.29. The number of nitrogens with zero attached hydrogens (tertiary/aromatic N) is 1. The number of hydrogen-bond donors (Lipinski definition) is 2. The van der Waals surface area contributed by atoms with E-state index in [4.69, 9.17) is 4.74 Å². The van der Waals surface area contributed by atoms with Crippen molar-refractivity contribution in [2.24, 2.45) is 4.99 Å². The van der Waals surface area contributed by atoms with Crippen molar-refractivity contribution in [3.8, 4) is 5.75 Å². The fourth-order valence-electron chi connectivity index (χ4n) is 1.32. The molecular weight excluding hydrogens is 202 g/mol. The number of aryl methyl sites for hydroxylation is 1. The molecule has 4 heteroatoms. The van der Waals surface area contributed by atoms with Crippen LogP contribution < -0.4 is 15.4 Å². The smallest absolute Gasteiger partial charge is 0.190 e. The average molecular weight is 221 g/mol. The first-order valence-corrected chi connectivity index (χ1v) is 5.34. The van der Waals surface area contributed by atoms with Gasteiger partial charge >= 0.3 is 0 Å². The summed E-state index contributed by atoms with van der Waals surface area (Å²) >= 11 is 0. The van der Waals surface area contributed by atoms with E-state index in [1.165, 1.54) is 5.56 Å². The SMILES string of the molecule is CN=C(NC)NCCOc1cccc(C)c1. The van der Waals surface area contributed by atoms with Crippen molar-refractivity contribution >= 4 is 5.96 Å². The molecule has 0 radical (unpaired) electrons. The van der Waals surface area contributed by atoms with Crippen molar-refractivity contribution in [1.82, 2.24) is 10.6 Å². The van der Waals surface area contributed by atoms with Gasteiger partial charge in [-0.2, -0.15) is 0 Å². The maximum Gasteiger partial charge on any atom is 0.190 e. The molecule has 0 aliphatic rings. The van der Waals surface area contributed by atoms with Gasteiger partial charge in [-0.1, -0.05) is 12.1 Å². The molecule has 0 spiro atoms. The molecule has 2 N–H and O–H groups in total. The van der Waals surface area contributed by atoms with Crippen LogP contribution in [0.25, 0.3) is 0 Å². The van der Waals surface area contributed by atoms with E-state index in [-0.39, 0.29) is 0 Å². The minimum atomic E-state index is 0.615. The number of ether oxygens (including phenoxy) is 1. The topological polar surface area (TPSA) is 45.7 Å². The summed E-state index contributed by atoms with van der Waals surface area (Å²) in [5, 5.41) is 6.06. The van der Waals surface area contributed by atoms with Gasteiger partial charge in [0.2, 0.25) is 0 Å². The molecule has 0 atom stereocenters. The van der Waals surface area contributed by atoms with Crippen LogP contribution in [0.1, 0.15) is 5.56 Å². The van der Waals surface area contributed by atoms with Crippen LogP contribution >= 0.6 is 0 Å². The summed E-state index contributed by atoms with van der Waals surface area (Å²) < 4.78 is 5.58. The molecule has 0 fully saturated rings. The van der Waals surface area contributed by atoms with E-state index in [0.29, 0.717) is 6.61 Å². The minimum Gasteiger partial charge on any atom is -0.492 e. The molecule has 1 aromatic carbocycles. The second-order valence-electron chi connectivity index (χ2n) is 3.41. The van der Waals surface area contributed by atoms with Crippen LogP contribution in [0, 0.1) is 6.92 Å². The molecule has 0 unspecified atom stereocenters. The monoisotopic (exact) mass is 221 g/mol. The van der Waals surface area contributed by atoms with Crippen LogP contribution in [0.5, 0.6) is 5.75 Å². The lowest BCUT2D eigenvalue weighted by molar-refractivity contribution is 0.322. The molecule has 88 valence electrons. The van der Waals surface area contributed by atoms with Gasteiger partial charge in [-0.3, -0.25) is 4.99 Å². The van der Waals surface area contributed by atoms with Gasteiger partial charge in [-0.05, 0) is 24.6 Å². The van der Waals surface area contributed by atoms with E-state index in [1.54, 1.807) is 7.05 Å². The predicted molar refractivity (Wildman–Crippen MR) is 67.1 cm³/mol. The zero-order valence-electron chi connectivity index (χ0n) is 10.1. The van der Waals surface area contributed by atoms with Crippen molar-refractivity contribution in [2.45, 2.75) is 6.92 Å². The third-order valence-corrected chi connectivity index (χ3v) is 2.11. The van der Waals surface area contributed by atoms with E-state index in [9.17, 15) is 0 Å². The fraction of sp³-hybridized carbons (Fsp3) is 0.417. The van der Waals surface area contributed by atoms with E-state index in [1.807, 2.05) is 38.2 Å². The van der Waals surface area contributed by atoms with E-state index >= 15 is 0 Å². The number of benzene rings is 1. The highest BCUT2D eigenvalue weighted by atomic mass is 16.5.